The molecule has 0 bridgehead atoms. The van der Waals surface area contributed by atoms with Crippen molar-refractivity contribution in [1.29, 1.82) is 0 Å². The van der Waals surface area contributed by atoms with Crippen LogP contribution in [0.5, 0.6) is 0 Å². The largest absolute Gasteiger partial charge is 0.472 e. The van der Waals surface area contributed by atoms with E-state index in [1.54, 1.807) is 0 Å². The zero-order valence-electron chi connectivity index (χ0n) is 48.5. The highest BCUT2D eigenvalue weighted by Crippen LogP contribution is 2.43. The van der Waals surface area contributed by atoms with Gasteiger partial charge < -0.3 is 19.4 Å². The van der Waals surface area contributed by atoms with Gasteiger partial charge in [-0.25, -0.2) is 4.57 Å². The number of nitrogens with zero attached hydrogens (tertiary/aromatic N) is 1. The zero-order valence-corrected chi connectivity index (χ0v) is 49.4. The van der Waals surface area contributed by atoms with Crippen LogP contribution in [-0.4, -0.2) is 74.3 Å². The van der Waals surface area contributed by atoms with Crippen LogP contribution in [0, 0.1) is 0 Å². The Balaban J connectivity index is 5.46. The van der Waals surface area contributed by atoms with E-state index in [9.17, 15) is 19.0 Å². The van der Waals surface area contributed by atoms with Crippen LogP contribution in [0.25, 0.3) is 0 Å². The molecule has 0 rings (SSSR count). The van der Waals surface area contributed by atoms with Gasteiger partial charge in [-0.05, 0) is 122 Å². The topological polar surface area (TPSA) is 111 Å². The number of hydrogen-bond acceptors (Lipinski definition) is 6. The Bertz CT molecular complexity index is 1740. The lowest BCUT2D eigenvalue weighted by atomic mass is 10.1. The molecule has 3 unspecified atom stereocenters. The third kappa shape index (κ3) is 54.7. The molecule has 0 aliphatic rings. The van der Waals surface area contributed by atoms with Gasteiger partial charge in [0.05, 0.1) is 33.8 Å². The van der Waals surface area contributed by atoms with Gasteiger partial charge >= 0.3 is 13.8 Å². The number of amides is 1. The van der Waals surface area contributed by atoms with Crippen LogP contribution in [0.1, 0.15) is 213 Å². The minimum atomic E-state index is -4.48. The van der Waals surface area contributed by atoms with Crippen molar-refractivity contribution in [1.82, 2.24) is 5.32 Å². The number of carbonyl (C=O) groups excluding carboxylic acids is 2. The molecule has 0 saturated heterocycles. The zero-order chi connectivity index (χ0) is 55.0. The number of phosphoric acid groups is 1. The normalized spacial score (nSPS) is 14.7. The van der Waals surface area contributed by atoms with Crippen LogP contribution in [-0.2, 0) is 27.9 Å². The molecule has 0 heterocycles. The summed E-state index contributed by atoms with van der Waals surface area (Å²) in [7, 11) is 1.41. The van der Waals surface area contributed by atoms with Gasteiger partial charge in [0.25, 0.3) is 0 Å². The third-order valence-corrected chi connectivity index (χ3v) is 13.1. The van der Waals surface area contributed by atoms with Crippen LogP contribution in [0.3, 0.4) is 0 Å². The summed E-state index contributed by atoms with van der Waals surface area (Å²) in [5, 5.41) is 3.00. The molecular formula is C65H110N2O7P+. The summed E-state index contributed by atoms with van der Waals surface area (Å²) < 4.78 is 30.5. The van der Waals surface area contributed by atoms with E-state index in [1.807, 2.05) is 33.3 Å². The van der Waals surface area contributed by atoms with Crippen LogP contribution in [0.4, 0.5) is 0 Å². The molecule has 0 saturated carbocycles. The fourth-order valence-electron chi connectivity index (χ4n) is 7.52. The summed E-state index contributed by atoms with van der Waals surface area (Å²) >= 11 is 0. The fourth-order valence-corrected chi connectivity index (χ4v) is 8.26. The van der Waals surface area contributed by atoms with Gasteiger partial charge in [-0.15, -0.1) is 0 Å². The number of nitrogens with one attached hydrogen (secondary N) is 1. The number of phosphoric ester groups is 1. The SMILES string of the molecule is CC/C=C\C/C=C\C/C=C\C/C=C\C/C=C\C/C=C\CCCCC(=O)NC(COP(=O)(O)OCC[N+](C)(C)C)C(/C=C\CCCCCCCCCCC)OC(=O)CCC/C=C\C/C=C\C/C=C\C/C=C\CCCCC. The van der Waals surface area contributed by atoms with Crippen molar-refractivity contribution < 1.29 is 37.3 Å². The smallest absolute Gasteiger partial charge is 0.456 e. The van der Waals surface area contributed by atoms with Gasteiger partial charge in [-0.3, -0.25) is 18.6 Å². The number of esters is 1. The number of likely N-dealkylation sites (N-methyl/N-ethyl adjacent to an activating group) is 1. The number of hydrogen-bond donors (Lipinski definition) is 2. The van der Waals surface area contributed by atoms with Gasteiger partial charge in [-0.1, -0.05) is 213 Å². The Morgan fingerprint density at radius 3 is 1.33 bits per heavy atom. The van der Waals surface area contributed by atoms with E-state index in [0.717, 1.165) is 96.3 Å². The molecule has 0 aliphatic carbocycles. The number of unbranched alkanes of at least 4 members (excludes halogenated alkanes) is 15. The highest BCUT2D eigenvalue weighted by Gasteiger charge is 2.30. The Morgan fingerprint density at radius 1 is 0.480 bits per heavy atom. The van der Waals surface area contributed by atoms with E-state index < -0.39 is 25.9 Å². The minimum absolute atomic E-state index is 0.0154. The van der Waals surface area contributed by atoms with Crippen LogP contribution >= 0.6 is 7.82 Å². The molecule has 0 aromatic rings. The van der Waals surface area contributed by atoms with Crippen LogP contribution < -0.4 is 5.32 Å². The standard InChI is InChI=1S/C65H109N2O7P/c1-7-10-13-16-19-22-25-27-29-31-32-33-34-36-37-39-42-45-48-51-54-57-64(68)66-62(61-73-75(70,71)72-60-59-67(4,5)6)63(56-53-50-47-44-41-24-21-18-15-12-9-3)74-65(69)58-55-52-49-46-43-40-38-35-30-28-26-23-20-17-14-11-8-2/h10,13,19-20,22-23,27-30,32-33,36-38,40,42,45-46,49,53,56,62-63H,7-9,11-12,14-18,21,24-26,31,34-35,39,41,43-44,47-48,50-52,54-55,57-61H2,1-6H3,(H-,66,68,70,71)/p+1/b13-10-,22-19-,23-20-,29-27-,30-28-,33-32-,37-36-,40-38-,45-42-,49-46-,56-53-. The Morgan fingerprint density at radius 2 is 0.867 bits per heavy atom. The van der Waals surface area contributed by atoms with Gasteiger partial charge in [0.2, 0.25) is 5.91 Å². The predicted octanol–water partition coefficient (Wildman–Crippen LogP) is 18.1. The molecule has 10 heteroatoms. The second-order valence-electron chi connectivity index (χ2n) is 20.4. The second kappa shape index (κ2) is 53.5. The molecule has 0 spiro atoms. The maximum Gasteiger partial charge on any atom is 0.472 e. The fraction of sp³-hybridized carbons (Fsp3) is 0.631. The van der Waals surface area contributed by atoms with E-state index in [0.29, 0.717) is 23.9 Å². The molecule has 0 fully saturated rings. The molecule has 3 atom stereocenters. The molecule has 0 aromatic carbocycles. The first-order valence-corrected chi connectivity index (χ1v) is 31.0. The quantitative estimate of drug-likeness (QED) is 0.0205. The summed E-state index contributed by atoms with van der Waals surface area (Å²) in [6.45, 7) is 6.76. The first kappa shape index (κ1) is 71.2. The van der Waals surface area contributed by atoms with Gasteiger partial charge in [0.15, 0.2) is 0 Å². The van der Waals surface area contributed by atoms with Crippen molar-refractivity contribution >= 4 is 19.7 Å². The predicted molar refractivity (Wildman–Crippen MR) is 323 cm³/mol. The summed E-state index contributed by atoms with van der Waals surface area (Å²) in [6.07, 6.45) is 76.0. The highest BCUT2D eigenvalue weighted by molar-refractivity contribution is 7.47. The molecule has 9 nitrogen and oxygen atoms in total. The molecule has 426 valence electrons. The Kier molecular flexibility index (Phi) is 50.8. The molecule has 75 heavy (non-hydrogen) atoms. The molecular weight excluding hydrogens is 952 g/mol. The molecule has 2 N–H and O–H groups in total. The number of allylic oxidation sites excluding steroid dienone is 21. The van der Waals surface area contributed by atoms with Crippen LogP contribution in [0.2, 0.25) is 0 Å². The van der Waals surface area contributed by atoms with Crippen molar-refractivity contribution in [3.63, 3.8) is 0 Å². The lowest BCUT2D eigenvalue weighted by Crippen LogP contribution is -2.47. The van der Waals surface area contributed by atoms with Crippen molar-refractivity contribution in [3.8, 4) is 0 Å². The number of ether oxygens (including phenoxy) is 1. The minimum Gasteiger partial charge on any atom is -0.456 e. The monoisotopic (exact) mass is 1060 g/mol. The van der Waals surface area contributed by atoms with Gasteiger partial charge in [0.1, 0.15) is 19.3 Å². The molecule has 0 aliphatic heterocycles. The van der Waals surface area contributed by atoms with Crippen molar-refractivity contribution in [3.05, 3.63) is 134 Å². The Hall–Kier alpha value is -3.85. The summed E-state index contributed by atoms with van der Waals surface area (Å²) in [6, 6.07) is -0.903. The first-order valence-electron chi connectivity index (χ1n) is 29.5. The van der Waals surface area contributed by atoms with Gasteiger partial charge in [-0.2, -0.15) is 0 Å². The number of quaternary nitrogens is 1. The average Bonchev–Trinajstić information content (AvgIpc) is 3.37. The number of carbonyl (C=O) groups is 2. The van der Waals surface area contributed by atoms with Crippen molar-refractivity contribution in [2.75, 3.05) is 40.9 Å². The average molecular weight is 1060 g/mol. The van der Waals surface area contributed by atoms with E-state index in [-0.39, 0.29) is 32.0 Å². The summed E-state index contributed by atoms with van der Waals surface area (Å²) in [4.78, 5) is 37.6. The third-order valence-electron chi connectivity index (χ3n) is 12.1. The van der Waals surface area contributed by atoms with E-state index in [1.165, 1.54) is 70.6 Å². The van der Waals surface area contributed by atoms with Crippen LogP contribution in [0.15, 0.2) is 134 Å². The maximum atomic E-state index is 13.5. The highest BCUT2D eigenvalue weighted by atomic mass is 31.2. The lowest BCUT2D eigenvalue weighted by molar-refractivity contribution is -0.870. The lowest BCUT2D eigenvalue weighted by Gasteiger charge is -2.27. The summed E-state index contributed by atoms with van der Waals surface area (Å²) in [5.74, 6) is -0.635. The van der Waals surface area contributed by atoms with Crippen molar-refractivity contribution in [2.45, 2.75) is 226 Å². The van der Waals surface area contributed by atoms with E-state index in [2.05, 4.69) is 148 Å². The molecule has 1 amide bonds. The Labute approximate surface area is 460 Å². The summed E-state index contributed by atoms with van der Waals surface area (Å²) in [5.41, 5.74) is 0. The van der Waals surface area contributed by atoms with E-state index >= 15 is 0 Å². The van der Waals surface area contributed by atoms with E-state index in [4.69, 9.17) is 13.8 Å². The first-order chi connectivity index (χ1) is 36.4. The molecule has 0 aromatic heterocycles. The second-order valence-corrected chi connectivity index (χ2v) is 21.9. The number of rotatable bonds is 51. The van der Waals surface area contributed by atoms with Crippen molar-refractivity contribution in [2.24, 2.45) is 0 Å². The van der Waals surface area contributed by atoms with Gasteiger partial charge in [0, 0.05) is 12.8 Å². The maximum absolute atomic E-state index is 13.5. The molecule has 0 radical (unpaired) electrons.